The van der Waals surface area contributed by atoms with Crippen LogP contribution in [0.1, 0.15) is 41.7 Å². The van der Waals surface area contributed by atoms with E-state index < -0.39 is 17.8 Å². The highest BCUT2D eigenvalue weighted by Gasteiger charge is 2.38. The van der Waals surface area contributed by atoms with Crippen LogP contribution in [0.5, 0.6) is 0 Å². The maximum Gasteiger partial charge on any atom is 0.416 e. The summed E-state index contributed by atoms with van der Waals surface area (Å²) in [6.45, 7) is 1.97. The molecule has 1 N–H and O–H groups in total. The third kappa shape index (κ3) is 4.28. The number of hydrogen-bond donors (Lipinski definition) is 1. The number of amides is 2. The van der Waals surface area contributed by atoms with E-state index in [1.54, 1.807) is 10.3 Å². The molecule has 1 atom stereocenters. The van der Waals surface area contributed by atoms with Crippen molar-refractivity contribution in [2.75, 3.05) is 25.0 Å². The lowest BCUT2D eigenvalue weighted by molar-refractivity contribution is -0.137. The molecule has 6 nitrogen and oxygen atoms in total. The maximum atomic E-state index is 13.0. The van der Waals surface area contributed by atoms with Crippen LogP contribution in [0.15, 0.2) is 29.6 Å². The van der Waals surface area contributed by atoms with Gasteiger partial charge >= 0.3 is 6.18 Å². The minimum absolute atomic E-state index is 0.00380. The molecule has 2 aliphatic rings. The number of nitrogens with zero attached hydrogens (tertiary/aromatic N) is 3. The van der Waals surface area contributed by atoms with Crippen molar-refractivity contribution in [3.63, 3.8) is 0 Å². The predicted molar refractivity (Wildman–Crippen MR) is 107 cm³/mol. The van der Waals surface area contributed by atoms with Crippen LogP contribution in [0.4, 0.5) is 24.0 Å². The topological polar surface area (TPSA) is 65.5 Å². The molecule has 0 saturated carbocycles. The fourth-order valence-electron chi connectivity index (χ4n) is 3.89. The van der Waals surface area contributed by atoms with Gasteiger partial charge in [0.15, 0.2) is 5.13 Å². The van der Waals surface area contributed by atoms with Gasteiger partial charge in [0.05, 0.1) is 5.56 Å². The van der Waals surface area contributed by atoms with Crippen molar-refractivity contribution in [1.82, 2.24) is 14.8 Å². The highest BCUT2D eigenvalue weighted by molar-refractivity contribution is 7.14. The third-order valence-corrected chi connectivity index (χ3v) is 6.14. The molecule has 10 heteroatoms. The van der Waals surface area contributed by atoms with Crippen LogP contribution in [-0.4, -0.2) is 52.3 Å². The molecule has 2 saturated heterocycles. The van der Waals surface area contributed by atoms with E-state index in [4.69, 9.17) is 0 Å². The molecular weight excluding hydrogens is 417 g/mol. The zero-order valence-corrected chi connectivity index (χ0v) is 16.9. The van der Waals surface area contributed by atoms with Crippen molar-refractivity contribution in [3.8, 4) is 0 Å². The van der Waals surface area contributed by atoms with E-state index in [1.165, 1.54) is 12.1 Å². The lowest BCUT2D eigenvalue weighted by atomic mass is 10.2. The highest BCUT2D eigenvalue weighted by atomic mass is 32.1. The first kappa shape index (κ1) is 20.6. The van der Waals surface area contributed by atoms with Gasteiger partial charge in [-0.1, -0.05) is 6.07 Å². The zero-order valence-electron chi connectivity index (χ0n) is 16.1. The molecule has 2 fully saturated rings. The Morgan fingerprint density at radius 2 is 1.90 bits per heavy atom. The van der Waals surface area contributed by atoms with Crippen LogP contribution < -0.4 is 5.32 Å². The summed E-state index contributed by atoms with van der Waals surface area (Å²) in [6.07, 6.45) is -1.06. The van der Waals surface area contributed by atoms with Crippen molar-refractivity contribution in [2.45, 2.75) is 37.9 Å². The van der Waals surface area contributed by atoms with Crippen LogP contribution in [0, 0.1) is 0 Å². The molecule has 1 aromatic heterocycles. The molecular formula is C20H21F3N4O2S. The first-order valence-electron chi connectivity index (χ1n) is 9.82. The summed E-state index contributed by atoms with van der Waals surface area (Å²) in [5.74, 6) is -0.325. The monoisotopic (exact) mass is 438 g/mol. The molecule has 1 aromatic carbocycles. The van der Waals surface area contributed by atoms with Crippen LogP contribution in [0.2, 0.25) is 0 Å². The fourth-order valence-corrected chi connectivity index (χ4v) is 4.59. The Morgan fingerprint density at radius 1 is 1.13 bits per heavy atom. The van der Waals surface area contributed by atoms with Crippen molar-refractivity contribution in [1.29, 1.82) is 0 Å². The zero-order chi connectivity index (χ0) is 21.3. The first-order chi connectivity index (χ1) is 14.3. The van der Waals surface area contributed by atoms with E-state index in [1.807, 2.05) is 4.90 Å². The Labute approximate surface area is 175 Å². The summed E-state index contributed by atoms with van der Waals surface area (Å²) in [4.78, 5) is 33.3. The molecule has 4 rings (SSSR count). The van der Waals surface area contributed by atoms with Crippen molar-refractivity contribution < 1.29 is 22.8 Å². The van der Waals surface area contributed by atoms with Crippen LogP contribution in [-0.2, 0) is 11.0 Å². The molecule has 2 amide bonds. The SMILES string of the molecule is O=C([C@@H]1CCCN1C(=O)c1csc(Nc2cccc(C(F)(F)F)c2)n1)N1CCCC1. The number of anilines is 2. The van der Waals surface area contributed by atoms with Crippen LogP contribution in [0.25, 0.3) is 0 Å². The van der Waals surface area contributed by atoms with E-state index in [9.17, 15) is 22.8 Å². The maximum absolute atomic E-state index is 13.0. The largest absolute Gasteiger partial charge is 0.416 e. The van der Waals surface area contributed by atoms with Crippen molar-refractivity contribution >= 4 is 34.0 Å². The number of hydrogen-bond acceptors (Lipinski definition) is 5. The molecule has 0 radical (unpaired) electrons. The average Bonchev–Trinajstić information content (AvgIpc) is 3.47. The Morgan fingerprint density at radius 3 is 2.63 bits per heavy atom. The number of alkyl halides is 3. The van der Waals surface area contributed by atoms with Crippen molar-refractivity contribution in [2.24, 2.45) is 0 Å². The fraction of sp³-hybridized carbons (Fsp3) is 0.450. The minimum Gasteiger partial charge on any atom is -0.341 e. The van der Waals surface area contributed by atoms with Gasteiger partial charge in [-0.05, 0) is 43.9 Å². The molecule has 0 aliphatic carbocycles. The quantitative estimate of drug-likeness (QED) is 0.780. The Kier molecular flexibility index (Phi) is 5.68. The summed E-state index contributed by atoms with van der Waals surface area (Å²) in [5.41, 5.74) is -0.335. The number of nitrogens with one attached hydrogen (secondary N) is 1. The van der Waals surface area contributed by atoms with E-state index in [0.29, 0.717) is 18.1 Å². The number of benzene rings is 1. The predicted octanol–water partition coefficient (Wildman–Crippen LogP) is 4.13. The lowest BCUT2D eigenvalue weighted by Gasteiger charge is -2.27. The number of aromatic nitrogens is 1. The third-order valence-electron chi connectivity index (χ3n) is 5.38. The second-order valence-corrected chi connectivity index (χ2v) is 8.29. The second kappa shape index (κ2) is 8.25. The van der Waals surface area contributed by atoms with Gasteiger partial charge in [0.25, 0.3) is 5.91 Å². The number of rotatable bonds is 4. The molecule has 160 valence electrons. The number of carbonyl (C=O) groups excluding carboxylic acids is 2. The molecule has 2 aliphatic heterocycles. The molecule has 2 aromatic rings. The van der Waals surface area contributed by atoms with E-state index >= 15 is 0 Å². The van der Waals surface area contributed by atoms with Gasteiger partial charge in [-0.25, -0.2) is 4.98 Å². The Balaban J connectivity index is 1.45. The lowest BCUT2D eigenvalue weighted by Crippen LogP contribution is -2.47. The standard InChI is InChI=1S/C20H21F3N4O2S/c21-20(22,23)13-5-3-6-14(11-13)24-19-25-15(12-30-19)17(28)27-10-4-7-16(27)18(29)26-8-1-2-9-26/h3,5-6,11-12,16H,1-2,4,7-10H2,(H,24,25)/t16-/m0/s1. The summed E-state index contributed by atoms with van der Waals surface area (Å²) in [7, 11) is 0. The first-order valence-corrected chi connectivity index (χ1v) is 10.7. The normalized spacial score (nSPS) is 19.4. The van der Waals surface area contributed by atoms with E-state index in [0.717, 1.165) is 55.8 Å². The molecule has 0 unspecified atom stereocenters. The summed E-state index contributed by atoms with van der Waals surface area (Å²) in [5, 5.41) is 4.70. The van der Waals surface area contributed by atoms with Gasteiger partial charge in [0.2, 0.25) is 5.91 Å². The van der Waals surface area contributed by atoms with E-state index in [2.05, 4.69) is 10.3 Å². The van der Waals surface area contributed by atoms with Crippen LogP contribution >= 0.6 is 11.3 Å². The van der Waals surface area contributed by atoms with Gasteiger partial charge in [-0.3, -0.25) is 9.59 Å². The number of likely N-dealkylation sites (tertiary alicyclic amines) is 2. The van der Waals surface area contributed by atoms with E-state index in [-0.39, 0.29) is 23.2 Å². The molecule has 3 heterocycles. The Hall–Kier alpha value is -2.62. The van der Waals surface area contributed by atoms with Gasteiger partial charge in [-0.15, -0.1) is 11.3 Å². The van der Waals surface area contributed by atoms with Gasteiger partial charge in [0, 0.05) is 30.7 Å². The molecule has 30 heavy (non-hydrogen) atoms. The number of halogens is 3. The second-order valence-electron chi connectivity index (χ2n) is 7.43. The smallest absolute Gasteiger partial charge is 0.341 e. The van der Waals surface area contributed by atoms with Gasteiger partial charge in [0.1, 0.15) is 11.7 Å². The molecule has 0 bridgehead atoms. The number of thiazole rings is 1. The van der Waals surface area contributed by atoms with Gasteiger partial charge in [-0.2, -0.15) is 13.2 Å². The molecule has 0 spiro atoms. The highest BCUT2D eigenvalue weighted by Crippen LogP contribution is 2.32. The minimum atomic E-state index is -4.44. The summed E-state index contributed by atoms with van der Waals surface area (Å²) in [6, 6.07) is 4.34. The van der Waals surface area contributed by atoms with Crippen LogP contribution in [0.3, 0.4) is 0 Å². The van der Waals surface area contributed by atoms with Crippen molar-refractivity contribution in [3.05, 3.63) is 40.9 Å². The number of carbonyl (C=O) groups is 2. The Bertz CT molecular complexity index is 940. The summed E-state index contributed by atoms with van der Waals surface area (Å²) >= 11 is 1.13. The average molecular weight is 438 g/mol. The van der Waals surface area contributed by atoms with Gasteiger partial charge < -0.3 is 15.1 Å². The summed E-state index contributed by atoms with van der Waals surface area (Å²) < 4.78 is 38.6.